The maximum absolute atomic E-state index is 12.4. The summed E-state index contributed by atoms with van der Waals surface area (Å²) in [6.45, 7) is 11.3. The van der Waals surface area contributed by atoms with Crippen LogP contribution in [0, 0.1) is 0 Å². The molecule has 27 heavy (non-hydrogen) atoms. The van der Waals surface area contributed by atoms with Gasteiger partial charge in [-0.1, -0.05) is 0 Å². The minimum atomic E-state index is -0.0774. The molecule has 1 aliphatic heterocycles. The SMILES string of the molecule is CCNC(=NCCC(=O)N(CC)CC)N1CCN(C(=O)c2ccco2)CC1. The molecule has 8 nitrogen and oxygen atoms in total. The topological polar surface area (TPSA) is 81.4 Å². The standard InChI is InChI=1S/C19H31N5O3/c1-4-20-19(21-10-9-17(25)22(5-2)6-3)24-13-11-23(12-14-24)18(26)16-8-7-15-27-16/h7-8,15H,4-6,9-14H2,1-3H3,(H,20,21). The largest absolute Gasteiger partial charge is 0.459 e. The van der Waals surface area contributed by atoms with Crippen molar-refractivity contribution in [1.29, 1.82) is 0 Å². The van der Waals surface area contributed by atoms with Gasteiger partial charge in [-0.05, 0) is 32.9 Å². The van der Waals surface area contributed by atoms with E-state index in [2.05, 4.69) is 15.2 Å². The third kappa shape index (κ3) is 5.74. The van der Waals surface area contributed by atoms with Gasteiger partial charge in [0.1, 0.15) is 0 Å². The summed E-state index contributed by atoms with van der Waals surface area (Å²) in [7, 11) is 0. The van der Waals surface area contributed by atoms with E-state index < -0.39 is 0 Å². The van der Waals surface area contributed by atoms with Crippen LogP contribution in [0.2, 0.25) is 0 Å². The third-order valence-corrected chi connectivity index (χ3v) is 4.64. The Bertz CT molecular complexity index is 617. The zero-order chi connectivity index (χ0) is 19.6. The molecule has 2 heterocycles. The molecule has 1 aromatic rings. The van der Waals surface area contributed by atoms with E-state index >= 15 is 0 Å². The summed E-state index contributed by atoms with van der Waals surface area (Å²) in [5.74, 6) is 1.23. The van der Waals surface area contributed by atoms with E-state index in [0.29, 0.717) is 44.9 Å². The smallest absolute Gasteiger partial charge is 0.289 e. The predicted molar refractivity (Wildman–Crippen MR) is 105 cm³/mol. The minimum Gasteiger partial charge on any atom is -0.459 e. The number of nitrogens with one attached hydrogen (secondary N) is 1. The van der Waals surface area contributed by atoms with Gasteiger partial charge >= 0.3 is 0 Å². The second-order valence-corrected chi connectivity index (χ2v) is 6.31. The van der Waals surface area contributed by atoms with E-state index in [4.69, 9.17) is 4.42 Å². The lowest BCUT2D eigenvalue weighted by Crippen LogP contribution is -2.53. The lowest BCUT2D eigenvalue weighted by Gasteiger charge is -2.36. The van der Waals surface area contributed by atoms with E-state index in [1.165, 1.54) is 6.26 Å². The van der Waals surface area contributed by atoms with Gasteiger partial charge in [0.05, 0.1) is 12.8 Å². The van der Waals surface area contributed by atoms with Crippen LogP contribution in [0.3, 0.4) is 0 Å². The number of piperazine rings is 1. The number of amides is 2. The molecule has 1 fully saturated rings. The highest BCUT2D eigenvalue weighted by Crippen LogP contribution is 2.09. The maximum atomic E-state index is 12.4. The summed E-state index contributed by atoms with van der Waals surface area (Å²) >= 11 is 0. The van der Waals surface area contributed by atoms with Crippen LogP contribution in [-0.4, -0.2) is 84.8 Å². The van der Waals surface area contributed by atoms with Crippen molar-refractivity contribution in [3.8, 4) is 0 Å². The Morgan fingerprint density at radius 2 is 1.81 bits per heavy atom. The molecule has 1 aliphatic rings. The number of hydrogen-bond acceptors (Lipinski definition) is 4. The Hall–Kier alpha value is -2.51. The van der Waals surface area contributed by atoms with Gasteiger partial charge in [0.25, 0.3) is 5.91 Å². The Balaban J connectivity index is 1.88. The van der Waals surface area contributed by atoms with Crippen molar-refractivity contribution in [3.63, 3.8) is 0 Å². The van der Waals surface area contributed by atoms with Crippen molar-refractivity contribution in [2.75, 3.05) is 52.4 Å². The molecule has 2 rings (SSSR count). The van der Waals surface area contributed by atoms with Crippen molar-refractivity contribution in [3.05, 3.63) is 24.2 Å². The summed E-state index contributed by atoms with van der Waals surface area (Å²) in [6.07, 6.45) is 1.92. The number of hydrogen-bond donors (Lipinski definition) is 1. The molecule has 0 spiro atoms. The molecule has 1 saturated heterocycles. The van der Waals surface area contributed by atoms with Crippen molar-refractivity contribution in [1.82, 2.24) is 20.0 Å². The normalized spacial score (nSPS) is 15.0. The molecule has 0 saturated carbocycles. The number of rotatable bonds is 7. The highest BCUT2D eigenvalue weighted by atomic mass is 16.3. The highest BCUT2D eigenvalue weighted by molar-refractivity contribution is 5.91. The molecule has 1 N–H and O–H groups in total. The zero-order valence-electron chi connectivity index (χ0n) is 16.6. The van der Waals surface area contributed by atoms with Gasteiger partial charge in [0.15, 0.2) is 11.7 Å². The number of carbonyl (C=O) groups excluding carboxylic acids is 2. The van der Waals surface area contributed by atoms with Crippen LogP contribution < -0.4 is 5.32 Å². The monoisotopic (exact) mass is 377 g/mol. The summed E-state index contributed by atoms with van der Waals surface area (Å²) in [6, 6.07) is 3.41. The van der Waals surface area contributed by atoms with Crippen LogP contribution in [-0.2, 0) is 4.79 Å². The van der Waals surface area contributed by atoms with Gasteiger partial charge in [0.2, 0.25) is 5.91 Å². The van der Waals surface area contributed by atoms with Crippen molar-refractivity contribution in [2.24, 2.45) is 4.99 Å². The fourth-order valence-electron chi connectivity index (χ4n) is 3.10. The fourth-order valence-corrected chi connectivity index (χ4v) is 3.10. The Labute approximate surface area is 161 Å². The molecule has 8 heteroatoms. The first-order valence-electron chi connectivity index (χ1n) is 9.74. The molecule has 0 atom stereocenters. The quantitative estimate of drug-likeness (QED) is 0.572. The molecule has 150 valence electrons. The van der Waals surface area contributed by atoms with E-state index in [1.54, 1.807) is 17.0 Å². The first-order valence-corrected chi connectivity index (χ1v) is 9.74. The molecular weight excluding hydrogens is 346 g/mol. The molecule has 0 bridgehead atoms. The summed E-state index contributed by atoms with van der Waals surface area (Å²) in [5.41, 5.74) is 0. The number of guanidine groups is 1. The summed E-state index contributed by atoms with van der Waals surface area (Å²) in [5, 5.41) is 3.28. The number of carbonyl (C=O) groups is 2. The number of furan rings is 1. The van der Waals surface area contributed by atoms with Crippen LogP contribution in [0.25, 0.3) is 0 Å². The molecule has 0 unspecified atom stereocenters. The maximum Gasteiger partial charge on any atom is 0.289 e. The Morgan fingerprint density at radius 3 is 2.37 bits per heavy atom. The lowest BCUT2D eigenvalue weighted by atomic mass is 10.3. The highest BCUT2D eigenvalue weighted by Gasteiger charge is 2.25. The average Bonchev–Trinajstić information content (AvgIpc) is 3.23. The van der Waals surface area contributed by atoms with Crippen LogP contribution in [0.1, 0.15) is 37.7 Å². The van der Waals surface area contributed by atoms with E-state index in [1.807, 2.05) is 25.7 Å². The first kappa shape index (κ1) is 20.8. The molecular formula is C19H31N5O3. The number of aliphatic imine (C=N–C) groups is 1. The van der Waals surface area contributed by atoms with Crippen LogP contribution in [0.4, 0.5) is 0 Å². The van der Waals surface area contributed by atoms with Gasteiger partial charge in [-0.2, -0.15) is 0 Å². The summed E-state index contributed by atoms with van der Waals surface area (Å²) in [4.78, 5) is 34.8. The molecule has 0 aromatic carbocycles. The van der Waals surface area contributed by atoms with Gasteiger partial charge in [-0.15, -0.1) is 0 Å². The van der Waals surface area contributed by atoms with Crippen LogP contribution in [0.15, 0.2) is 27.8 Å². The Kier molecular flexibility index (Phi) is 8.16. The Morgan fingerprint density at radius 1 is 1.15 bits per heavy atom. The van der Waals surface area contributed by atoms with Crippen molar-refractivity contribution >= 4 is 17.8 Å². The molecule has 0 aliphatic carbocycles. The van der Waals surface area contributed by atoms with Crippen LogP contribution in [0.5, 0.6) is 0 Å². The summed E-state index contributed by atoms with van der Waals surface area (Å²) < 4.78 is 5.20. The lowest BCUT2D eigenvalue weighted by molar-refractivity contribution is -0.130. The fraction of sp³-hybridized carbons (Fsp3) is 0.632. The van der Waals surface area contributed by atoms with Crippen molar-refractivity contribution < 1.29 is 14.0 Å². The van der Waals surface area contributed by atoms with Gasteiger partial charge < -0.3 is 24.4 Å². The van der Waals surface area contributed by atoms with Gasteiger partial charge in [0, 0.05) is 52.2 Å². The van der Waals surface area contributed by atoms with Crippen molar-refractivity contribution in [2.45, 2.75) is 27.2 Å². The van der Waals surface area contributed by atoms with Gasteiger partial charge in [-0.3, -0.25) is 14.6 Å². The van der Waals surface area contributed by atoms with E-state index in [-0.39, 0.29) is 11.8 Å². The molecule has 0 radical (unpaired) electrons. The minimum absolute atomic E-state index is 0.0774. The predicted octanol–water partition coefficient (Wildman–Crippen LogP) is 1.26. The first-order chi connectivity index (χ1) is 13.1. The average molecular weight is 377 g/mol. The zero-order valence-corrected chi connectivity index (χ0v) is 16.6. The van der Waals surface area contributed by atoms with Crippen LogP contribution >= 0.6 is 0 Å². The third-order valence-electron chi connectivity index (χ3n) is 4.64. The van der Waals surface area contributed by atoms with E-state index in [0.717, 1.165) is 25.6 Å². The van der Waals surface area contributed by atoms with E-state index in [9.17, 15) is 9.59 Å². The second kappa shape index (κ2) is 10.6. The molecule has 2 amide bonds. The number of nitrogens with zero attached hydrogens (tertiary/aromatic N) is 4. The molecule has 1 aromatic heterocycles. The second-order valence-electron chi connectivity index (χ2n) is 6.31. The van der Waals surface area contributed by atoms with Gasteiger partial charge in [-0.25, -0.2) is 0 Å².